The summed E-state index contributed by atoms with van der Waals surface area (Å²) in [4.78, 5) is 0. The molecule has 0 saturated heterocycles. The zero-order valence-corrected chi connectivity index (χ0v) is 9.94. The Morgan fingerprint density at radius 2 is 2.00 bits per heavy atom. The quantitative estimate of drug-likeness (QED) is 0.759. The fraction of sp³-hybridized carbons (Fsp3) is 1.00. The van der Waals surface area contributed by atoms with Crippen molar-refractivity contribution in [2.45, 2.75) is 50.8 Å². The zero-order chi connectivity index (χ0) is 10.6. The Bertz CT molecular complexity index is 261. The molecule has 1 fully saturated rings. The molecule has 0 aliphatic heterocycles. The Kier molecular flexibility index (Phi) is 4.38. The highest BCUT2D eigenvalue weighted by atomic mass is 32.2. The van der Waals surface area contributed by atoms with E-state index in [1.54, 1.807) is 6.92 Å². The second-order valence-electron chi connectivity index (χ2n) is 4.04. The molecule has 14 heavy (non-hydrogen) atoms. The van der Waals surface area contributed by atoms with Crippen LogP contribution in [0.2, 0.25) is 0 Å². The highest BCUT2D eigenvalue weighted by molar-refractivity contribution is 7.92. The largest absolute Gasteiger partial charge is 0.314 e. The Balaban J connectivity index is 2.41. The molecular formula is C10H21NO2S. The van der Waals surface area contributed by atoms with Crippen LogP contribution < -0.4 is 5.32 Å². The van der Waals surface area contributed by atoms with E-state index in [2.05, 4.69) is 12.2 Å². The van der Waals surface area contributed by atoms with Crippen LogP contribution in [0.5, 0.6) is 0 Å². The lowest BCUT2D eigenvalue weighted by molar-refractivity contribution is 0.520. The fourth-order valence-corrected chi connectivity index (χ4v) is 3.53. The van der Waals surface area contributed by atoms with Crippen molar-refractivity contribution in [3.8, 4) is 0 Å². The molecule has 3 nitrogen and oxygen atoms in total. The Hall–Kier alpha value is -0.0900. The second kappa shape index (κ2) is 5.12. The molecular weight excluding hydrogens is 198 g/mol. The first-order valence-corrected chi connectivity index (χ1v) is 7.26. The molecule has 0 spiro atoms. The maximum atomic E-state index is 11.6. The van der Waals surface area contributed by atoms with Crippen LogP contribution in [0.3, 0.4) is 0 Å². The van der Waals surface area contributed by atoms with Gasteiger partial charge in [0.05, 0.1) is 5.25 Å². The molecule has 84 valence electrons. The summed E-state index contributed by atoms with van der Waals surface area (Å²) in [5.41, 5.74) is 0. The normalized spacial score (nSPS) is 28.1. The predicted molar refractivity (Wildman–Crippen MR) is 59.2 cm³/mol. The van der Waals surface area contributed by atoms with Gasteiger partial charge in [0.25, 0.3) is 0 Å². The van der Waals surface area contributed by atoms with E-state index >= 15 is 0 Å². The molecule has 0 radical (unpaired) electrons. The van der Waals surface area contributed by atoms with Gasteiger partial charge in [-0.15, -0.1) is 0 Å². The van der Waals surface area contributed by atoms with Gasteiger partial charge in [0.2, 0.25) is 0 Å². The van der Waals surface area contributed by atoms with Crippen molar-refractivity contribution < 1.29 is 8.42 Å². The monoisotopic (exact) mass is 219 g/mol. The average molecular weight is 219 g/mol. The molecule has 4 heteroatoms. The van der Waals surface area contributed by atoms with Gasteiger partial charge in [-0.25, -0.2) is 8.42 Å². The third kappa shape index (κ3) is 2.95. The number of rotatable bonds is 5. The molecule has 2 unspecified atom stereocenters. The van der Waals surface area contributed by atoms with Gasteiger partial charge in [0, 0.05) is 11.8 Å². The first kappa shape index (κ1) is 12.0. The molecule has 0 aromatic rings. The zero-order valence-electron chi connectivity index (χ0n) is 9.12. The average Bonchev–Trinajstić information content (AvgIpc) is 2.63. The van der Waals surface area contributed by atoms with Crippen LogP contribution in [0.25, 0.3) is 0 Å². The number of hydrogen-bond acceptors (Lipinski definition) is 3. The maximum Gasteiger partial charge on any atom is 0.152 e. The minimum atomic E-state index is -2.80. The van der Waals surface area contributed by atoms with Crippen LogP contribution in [0.4, 0.5) is 0 Å². The molecule has 0 bridgehead atoms. The number of sulfone groups is 1. The number of hydrogen-bond donors (Lipinski definition) is 1. The Morgan fingerprint density at radius 3 is 2.57 bits per heavy atom. The Morgan fingerprint density at radius 1 is 1.29 bits per heavy atom. The minimum Gasteiger partial charge on any atom is -0.314 e. The highest BCUT2D eigenvalue weighted by Crippen LogP contribution is 2.25. The van der Waals surface area contributed by atoms with E-state index in [0.717, 1.165) is 32.2 Å². The summed E-state index contributed by atoms with van der Waals surface area (Å²) in [5, 5.41) is 3.31. The first-order valence-electron chi connectivity index (χ1n) is 5.55. The van der Waals surface area contributed by atoms with Crippen molar-refractivity contribution in [1.82, 2.24) is 5.32 Å². The minimum absolute atomic E-state index is 0.0816. The molecule has 1 N–H and O–H groups in total. The van der Waals surface area contributed by atoms with Crippen molar-refractivity contribution in [2.24, 2.45) is 0 Å². The van der Waals surface area contributed by atoms with Crippen LogP contribution in [-0.4, -0.2) is 32.0 Å². The molecule has 2 atom stereocenters. The smallest absolute Gasteiger partial charge is 0.152 e. The van der Waals surface area contributed by atoms with E-state index < -0.39 is 9.84 Å². The molecule has 0 aromatic heterocycles. The maximum absolute atomic E-state index is 11.6. The van der Waals surface area contributed by atoms with Gasteiger partial charge in [0.15, 0.2) is 9.84 Å². The van der Waals surface area contributed by atoms with E-state index in [4.69, 9.17) is 0 Å². The molecule has 1 saturated carbocycles. The van der Waals surface area contributed by atoms with Crippen molar-refractivity contribution in [3.63, 3.8) is 0 Å². The Labute approximate surface area is 87.2 Å². The summed E-state index contributed by atoms with van der Waals surface area (Å²) in [5.74, 6) is 0.290. The SMILES string of the molecule is CCCNC1CCC(S(=O)(=O)CC)C1. The van der Waals surface area contributed by atoms with Crippen molar-refractivity contribution in [3.05, 3.63) is 0 Å². The third-order valence-electron chi connectivity index (χ3n) is 2.98. The third-order valence-corrected chi connectivity index (χ3v) is 5.23. The van der Waals surface area contributed by atoms with Crippen LogP contribution in [-0.2, 0) is 9.84 Å². The second-order valence-corrected chi connectivity index (χ2v) is 6.61. The van der Waals surface area contributed by atoms with Crippen LogP contribution in [0.1, 0.15) is 39.5 Å². The summed E-state index contributed by atoms with van der Waals surface area (Å²) in [6.07, 6.45) is 3.79. The van der Waals surface area contributed by atoms with Crippen LogP contribution >= 0.6 is 0 Å². The standard InChI is InChI=1S/C10H21NO2S/c1-3-7-11-9-5-6-10(8-9)14(12,13)4-2/h9-11H,3-8H2,1-2H3. The van der Waals surface area contributed by atoms with Gasteiger partial charge in [-0.05, 0) is 32.2 Å². The van der Waals surface area contributed by atoms with Crippen LogP contribution in [0, 0.1) is 0 Å². The molecule has 0 heterocycles. The highest BCUT2D eigenvalue weighted by Gasteiger charge is 2.32. The molecule has 1 aliphatic carbocycles. The van der Waals surface area contributed by atoms with Gasteiger partial charge in [-0.2, -0.15) is 0 Å². The summed E-state index contributed by atoms with van der Waals surface area (Å²) < 4.78 is 23.2. The predicted octanol–water partition coefficient (Wildman–Crippen LogP) is 1.34. The first-order chi connectivity index (χ1) is 6.60. The summed E-state index contributed by atoms with van der Waals surface area (Å²) in [6.45, 7) is 4.87. The molecule has 1 rings (SSSR count). The van der Waals surface area contributed by atoms with Crippen LogP contribution in [0.15, 0.2) is 0 Å². The van der Waals surface area contributed by atoms with Gasteiger partial charge >= 0.3 is 0 Å². The number of nitrogens with one attached hydrogen (secondary N) is 1. The fourth-order valence-electron chi connectivity index (χ4n) is 2.04. The lowest BCUT2D eigenvalue weighted by Gasteiger charge is -2.12. The van der Waals surface area contributed by atoms with Gasteiger partial charge in [-0.3, -0.25) is 0 Å². The van der Waals surface area contributed by atoms with Gasteiger partial charge in [0.1, 0.15) is 0 Å². The molecule has 0 aromatic carbocycles. The topological polar surface area (TPSA) is 46.2 Å². The van der Waals surface area contributed by atoms with E-state index in [9.17, 15) is 8.42 Å². The van der Waals surface area contributed by atoms with Crippen molar-refractivity contribution >= 4 is 9.84 Å². The van der Waals surface area contributed by atoms with E-state index in [1.165, 1.54) is 0 Å². The van der Waals surface area contributed by atoms with Gasteiger partial charge < -0.3 is 5.32 Å². The molecule has 1 aliphatic rings. The summed E-state index contributed by atoms with van der Waals surface area (Å²) in [7, 11) is -2.80. The van der Waals surface area contributed by atoms with Crippen molar-refractivity contribution in [1.29, 1.82) is 0 Å². The lowest BCUT2D eigenvalue weighted by Crippen LogP contribution is -2.29. The summed E-state index contributed by atoms with van der Waals surface area (Å²) >= 11 is 0. The van der Waals surface area contributed by atoms with Crippen molar-refractivity contribution in [2.75, 3.05) is 12.3 Å². The van der Waals surface area contributed by atoms with E-state index in [0.29, 0.717) is 6.04 Å². The summed E-state index contributed by atoms with van der Waals surface area (Å²) in [6, 6.07) is 0.432. The van der Waals surface area contributed by atoms with E-state index in [1.807, 2.05) is 0 Å². The van der Waals surface area contributed by atoms with E-state index in [-0.39, 0.29) is 11.0 Å². The lowest BCUT2D eigenvalue weighted by atomic mass is 10.2. The van der Waals surface area contributed by atoms with Gasteiger partial charge in [-0.1, -0.05) is 13.8 Å². The molecule has 0 amide bonds.